The molecule has 0 aromatic heterocycles. The standard InChI is InChI=1S/C16H24N4O4/c17-12(10-11-6-2-1-3-7-11)15(22)20-13(14(18)21)8-4-5-9-24-16(19)23/h1-3,6-7,12-13H,4-5,8-10,17H2,(H2,18,21)(H2,19,23)(H,20,22)/t12-,13-/m0/s1. The second-order valence-electron chi connectivity index (χ2n) is 5.42. The maximum absolute atomic E-state index is 12.1. The van der Waals surface area contributed by atoms with E-state index in [9.17, 15) is 14.4 Å². The van der Waals surface area contributed by atoms with Gasteiger partial charge in [-0.3, -0.25) is 9.59 Å². The summed E-state index contributed by atoms with van der Waals surface area (Å²) in [6.45, 7) is 0.155. The molecule has 1 aromatic carbocycles. The van der Waals surface area contributed by atoms with E-state index in [0.717, 1.165) is 5.56 Å². The fourth-order valence-electron chi connectivity index (χ4n) is 2.15. The lowest BCUT2D eigenvalue weighted by Gasteiger charge is -2.18. The minimum absolute atomic E-state index is 0.155. The van der Waals surface area contributed by atoms with Gasteiger partial charge in [0.15, 0.2) is 0 Å². The van der Waals surface area contributed by atoms with Crippen LogP contribution >= 0.6 is 0 Å². The molecule has 0 saturated heterocycles. The van der Waals surface area contributed by atoms with Crippen molar-refractivity contribution in [2.45, 2.75) is 37.8 Å². The molecule has 0 bridgehead atoms. The molecule has 0 aliphatic rings. The maximum Gasteiger partial charge on any atom is 0.404 e. The smallest absolute Gasteiger partial charge is 0.404 e. The molecule has 1 aromatic rings. The van der Waals surface area contributed by atoms with E-state index in [1.165, 1.54) is 0 Å². The van der Waals surface area contributed by atoms with Crippen LogP contribution in [0.25, 0.3) is 0 Å². The summed E-state index contributed by atoms with van der Waals surface area (Å²) in [5.41, 5.74) is 16.9. The third kappa shape index (κ3) is 7.59. The first kappa shape index (κ1) is 19.4. The van der Waals surface area contributed by atoms with E-state index in [1.54, 1.807) is 0 Å². The van der Waals surface area contributed by atoms with Crippen LogP contribution in [-0.4, -0.2) is 36.6 Å². The van der Waals surface area contributed by atoms with Crippen LogP contribution in [0.4, 0.5) is 4.79 Å². The lowest BCUT2D eigenvalue weighted by Crippen LogP contribution is -2.51. The van der Waals surface area contributed by atoms with Crippen LogP contribution in [0.15, 0.2) is 30.3 Å². The van der Waals surface area contributed by atoms with Gasteiger partial charge in [-0.05, 0) is 31.2 Å². The zero-order valence-corrected chi connectivity index (χ0v) is 13.4. The van der Waals surface area contributed by atoms with Gasteiger partial charge in [0.2, 0.25) is 11.8 Å². The first-order valence-corrected chi connectivity index (χ1v) is 7.71. The van der Waals surface area contributed by atoms with Crippen LogP contribution in [0.5, 0.6) is 0 Å². The van der Waals surface area contributed by atoms with Gasteiger partial charge in [-0.1, -0.05) is 30.3 Å². The molecule has 8 heteroatoms. The molecular weight excluding hydrogens is 312 g/mol. The van der Waals surface area contributed by atoms with Gasteiger partial charge in [0, 0.05) is 0 Å². The molecule has 24 heavy (non-hydrogen) atoms. The summed E-state index contributed by atoms with van der Waals surface area (Å²) in [6.07, 6.45) is 0.904. The van der Waals surface area contributed by atoms with Gasteiger partial charge in [-0.25, -0.2) is 4.79 Å². The Morgan fingerprint density at radius 3 is 2.33 bits per heavy atom. The number of hydrogen-bond acceptors (Lipinski definition) is 5. The zero-order chi connectivity index (χ0) is 17.9. The van der Waals surface area contributed by atoms with E-state index >= 15 is 0 Å². The molecule has 7 N–H and O–H groups in total. The molecule has 0 aliphatic carbocycles. The Hall–Kier alpha value is -2.61. The van der Waals surface area contributed by atoms with Gasteiger partial charge >= 0.3 is 6.09 Å². The molecule has 0 saturated carbocycles. The Bertz CT molecular complexity index is 550. The number of nitrogens with one attached hydrogen (secondary N) is 1. The number of carbonyl (C=O) groups excluding carboxylic acids is 3. The summed E-state index contributed by atoms with van der Waals surface area (Å²) in [5, 5.41) is 2.57. The minimum atomic E-state index is -0.846. The average molecular weight is 336 g/mol. The van der Waals surface area contributed by atoms with Crippen molar-refractivity contribution in [1.29, 1.82) is 0 Å². The Morgan fingerprint density at radius 1 is 1.08 bits per heavy atom. The van der Waals surface area contributed by atoms with Crippen LogP contribution < -0.4 is 22.5 Å². The summed E-state index contributed by atoms with van der Waals surface area (Å²) in [7, 11) is 0. The summed E-state index contributed by atoms with van der Waals surface area (Å²) >= 11 is 0. The summed E-state index contributed by atoms with van der Waals surface area (Å²) in [5.74, 6) is -1.07. The molecule has 0 unspecified atom stereocenters. The van der Waals surface area contributed by atoms with E-state index in [-0.39, 0.29) is 6.61 Å². The lowest BCUT2D eigenvalue weighted by atomic mass is 10.0. The van der Waals surface area contributed by atoms with E-state index in [2.05, 4.69) is 10.1 Å². The summed E-state index contributed by atoms with van der Waals surface area (Å²) in [4.78, 5) is 34.0. The van der Waals surface area contributed by atoms with Gasteiger partial charge < -0.3 is 27.3 Å². The van der Waals surface area contributed by atoms with Gasteiger partial charge in [0.1, 0.15) is 6.04 Å². The number of hydrogen-bond donors (Lipinski definition) is 4. The highest BCUT2D eigenvalue weighted by Crippen LogP contribution is 2.05. The number of primary amides is 2. The Balaban J connectivity index is 2.41. The predicted octanol–water partition coefficient (Wildman–Crippen LogP) is -0.208. The van der Waals surface area contributed by atoms with Crippen molar-refractivity contribution >= 4 is 17.9 Å². The average Bonchev–Trinajstić information content (AvgIpc) is 2.53. The van der Waals surface area contributed by atoms with Crippen molar-refractivity contribution in [2.75, 3.05) is 6.61 Å². The van der Waals surface area contributed by atoms with Gasteiger partial charge in [0.25, 0.3) is 0 Å². The molecule has 0 radical (unpaired) electrons. The SMILES string of the molecule is NC(=O)OCCCC[C@H](NC(=O)[C@@H](N)Cc1ccccc1)C(N)=O. The number of unbranched alkanes of at least 4 members (excludes halogenated alkanes) is 1. The second kappa shape index (κ2) is 10.2. The van der Waals surface area contributed by atoms with Crippen molar-refractivity contribution in [2.24, 2.45) is 17.2 Å². The monoisotopic (exact) mass is 336 g/mol. The van der Waals surface area contributed by atoms with Crippen LogP contribution in [0.2, 0.25) is 0 Å². The van der Waals surface area contributed by atoms with Crippen LogP contribution in [0.1, 0.15) is 24.8 Å². The fraction of sp³-hybridized carbons (Fsp3) is 0.438. The molecule has 1 rings (SSSR count). The number of ether oxygens (including phenoxy) is 1. The topological polar surface area (TPSA) is 151 Å². The normalized spacial score (nSPS) is 12.9. The van der Waals surface area contributed by atoms with Gasteiger partial charge in [-0.2, -0.15) is 0 Å². The van der Waals surface area contributed by atoms with E-state index in [0.29, 0.717) is 25.7 Å². The molecule has 132 valence electrons. The molecule has 0 aliphatic heterocycles. The third-order valence-electron chi connectivity index (χ3n) is 3.43. The van der Waals surface area contributed by atoms with Crippen molar-refractivity contribution in [3.8, 4) is 0 Å². The Labute approximate surface area is 140 Å². The molecule has 3 amide bonds. The van der Waals surface area contributed by atoms with Crippen LogP contribution in [-0.2, 0) is 20.7 Å². The van der Waals surface area contributed by atoms with Gasteiger partial charge in [0.05, 0.1) is 12.6 Å². The summed E-state index contributed by atoms with van der Waals surface area (Å²) in [6, 6.07) is 7.76. The fourth-order valence-corrected chi connectivity index (χ4v) is 2.15. The van der Waals surface area contributed by atoms with Crippen molar-refractivity contribution in [1.82, 2.24) is 5.32 Å². The highest BCUT2D eigenvalue weighted by Gasteiger charge is 2.21. The Kier molecular flexibility index (Phi) is 8.28. The number of rotatable bonds is 10. The second-order valence-corrected chi connectivity index (χ2v) is 5.42. The first-order chi connectivity index (χ1) is 11.4. The highest BCUT2D eigenvalue weighted by atomic mass is 16.5. The quantitative estimate of drug-likeness (QED) is 0.436. The van der Waals surface area contributed by atoms with Crippen LogP contribution in [0, 0.1) is 0 Å². The molecule has 0 spiro atoms. The van der Waals surface area contributed by atoms with E-state index < -0.39 is 30.0 Å². The van der Waals surface area contributed by atoms with Gasteiger partial charge in [-0.15, -0.1) is 0 Å². The highest BCUT2D eigenvalue weighted by molar-refractivity contribution is 5.89. The van der Waals surface area contributed by atoms with Crippen LogP contribution in [0.3, 0.4) is 0 Å². The Morgan fingerprint density at radius 2 is 1.75 bits per heavy atom. The molecule has 8 nitrogen and oxygen atoms in total. The maximum atomic E-state index is 12.1. The van der Waals surface area contributed by atoms with Crippen molar-refractivity contribution in [3.63, 3.8) is 0 Å². The number of benzene rings is 1. The molecule has 0 heterocycles. The molecular formula is C16H24N4O4. The molecule has 0 fully saturated rings. The minimum Gasteiger partial charge on any atom is -0.450 e. The largest absolute Gasteiger partial charge is 0.450 e. The van der Waals surface area contributed by atoms with E-state index in [4.69, 9.17) is 17.2 Å². The predicted molar refractivity (Wildman–Crippen MR) is 88.6 cm³/mol. The third-order valence-corrected chi connectivity index (χ3v) is 3.43. The van der Waals surface area contributed by atoms with Crippen molar-refractivity contribution in [3.05, 3.63) is 35.9 Å². The zero-order valence-electron chi connectivity index (χ0n) is 13.4. The number of carbonyl (C=O) groups is 3. The summed E-state index contributed by atoms with van der Waals surface area (Å²) < 4.78 is 4.59. The molecule has 2 atom stereocenters. The lowest BCUT2D eigenvalue weighted by molar-refractivity contribution is -0.128. The number of nitrogens with two attached hydrogens (primary N) is 3. The number of amides is 3. The van der Waals surface area contributed by atoms with E-state index in [1.807, 2.05) is 30.3 Å². The van der Waals surface area contributed by atoms with Crippen molar-refractivity contribution < 1.29 is 19.1 Å². The first-order valence-electron chi connectivity index (χ1n) is 7.71.